The maximum absolute atomic E-state index is 9.01. The Morgan fingerprint density at radius 1 is 1.47 bits per heavy atom. The van der Waals surface area contributed by atoms with Crippen LogP contribution in [0.25, 0.3) is 0 Å². The third-order valence-corrected chi connectivity index (χ3v) is 3.15. The van der Waals surface area contributed by atoms with E-state index < -0.39 is 0 Å². The molecule has 3 heteroatoms. The number of nitrogens with zero attached hydrogens (tertiary/aromatic N) is 1. The smallest absolute Gasteiger partial charge is 0.121 e. The minimum atomic E-state index is 0.678. The van der Waals surface area contributed by atoms with Crippen LogP contribution in [-0.4, -0.2) is 13.7 Å². The molecule has 0 bridgehead atoms. The molecule has 0 spiro atoms. The predicted molar refractivity (Wildman–Crippen MR) is 68.2 cm³/mol. The van der Waals surface area contributed by atoms with Crippen LogP contribution in [0.15, 0.2) is 18.2 Å². The van der Waals surface area contributed by atoms with Gasteiger partial charge in [-0.15, -0.1) is 0 Å². The summed E-state index contributed by atoms with van der Waals surface area (Å²) in [5, 5.41) is 12.3. The molecule has 0 saturated heterocycles. The molecule has 1 N–H and O–H groups in total. The number of ether oxygens (including phenoxy) is 1. The molecular weight excluding hydrogens is 212 g/mol. The fourth-order valence-corrected chi connectivity index (χ4v) is 1.91. The summed E-state index contributed by atoms with van der Waals surface area (Å²) in [5.74, 6) is 1.76. The summed E-state index contributed by atoms with van der Waals surface area (Å²) in [7, 11) is 1.64. The summed E-state index contributed by atoms with van der Waals surface area (Å²) in [6.07, 6.45) is 5.29. The molecule has 2 rings (SSSR count). The molecule has 1 aromatic carbocycles. The Kier molecular flexibility index (Phi) is 3.87. The second-order valence-electron chi connectivity index (χ2n) is 4.54. The third-order valence-electron chi connectivity index (χ3n) is 3.15. The van der Waals surface area contributed by atoms with Gasteiger partial charge in [-0.1, -0.05) is 12.8 Å². The highest BCUT2D eigenvalue weighted by Crippen LogP contribution is 2.33. The third kappa shape index (κ3) is 3.39. The molecule has 0 amide bonds. The zero-order valence-electron chi connectivity index (χ0n) is 10.2. The van der Waals surface area contributed by atoms with E-state index in [1.807, 2.05) is 12.1 Å². The molecule has 1 aliphatic rings. The Morgan fingerprint density at radius 2 is 2.29 bits per heavy atom. The van der Waals surface area contributed by atoms with E-state index in [2.05, 4.69) is 11.4 Å². The zero-order chi connectivity index (χ0) is 12.1. The van der Waals surface area contributed by atoms with Gasteiger partial charge in [0.05, 0.1) is 18.4 Å². The first-order valence-electron chi connectivity index (χ1n) is 6.15. The van der Waals surface area contributed by atoms with Crippen molar-refractivity contribution in [2.24, 2.45) is 5.92 Å². The molecule has 0 aromatic heterocycles. The summed E-state index contributed by atoms with van der Waals surface area (Å²) >= 11 is 0. The number of methoxy groups -OCH3 is 1. The van der Waals surface area contributed by atoms with Gasteiger partial charge in [0.25, 0.3) is 0 Å². The molecule has 0 unspecified atom stereocenters. The van der Waals surface area contributed by atoms with Crippen molar-refractivity contribution >= 4 is 5.69 Å². The predicted octanol–water partition coefficient (Wildman–Crippen LogP) is 3.17. The van der Waals surface area contributed by atoms with Crippen molar-refractivity contribution < 1.29 is 4.74 Å². The lowest BCUT2D eigenvalue weighted by atomic mass is 10.1. The quantitative estimate of drug-likeness (QED) is 0.763. The van der Waals surface area contributed by atoms with Gasteiger partial charge in [0.15, 0.2) is 0 Å². The molecule has 90 valence electrons. The number of hydrogen-bond donors (Lipinski definition) is 1. The molecule has 17 heavy (non-hydrogen) atoms. The fourth-order valence-electron chi connectivity index (χ4n) is 1.91. The van der Waals surface area contributed by atoms with Crippen molar-refractivity contribution in [2.75, 3.05) is 19.0 Å². The molecule has 0 radical (unpaired) electrons. The Bertz CT molecular complexity index is 419. The molecule has 1 aliphatic carbocycles. The van der Waals surface area contributed by atoms with Crippen LogP contribution in [0.1, 0.15) is 31.2 Å². The van der Waals surface area contributed by atoms with Crippen LogP contribution in [0.2, 0.25) is 0 Å². The molecule has 0 aliphatic heterocycles. The molecule has 1 saturated carbocycles. The Morgan fingerprint density at radius 3 is 2.94 bits per heavy atom. The standard InChI is InChI=1S/C14H18N2O/c1-17-13-7-6-12(10-15)14(9-13)16-8-2-3-11-4-5-11/h6-7,9,11,16H,2-5,8H2,1H3. The maximum Gasteiger partial charge on any atom is 0.121 e. The molecule has 1 fully saturated rings. The van der Waals surface area contributed by atoms with E-state index in [-0.39, 0.29) is 0 Å². The van der Waals surface area contributed by atoms with Crippen molar-refractivity contribution in [3.05, 3.63) is 23.8 Å². The largest absolute Gasteiger partial charge is 0.497 e. The minimum Gasteiger partial charge on any atom is -0.497 e. The van der Waals surface area contributed by atoms with E-state index in [1.54, 1.807) is 13.2 Å². The van der Waals surface area contributed by atoms with E-state index in [1.165, 1.54) is 25.7 Å². The van der Waals surface area contributed by atoms with Crippen molar-refractivity contribution in [2.45, 2.75) is 25.7 Å². The summed E-state index contributed by atoms with van der Waals surface area (Å²) in [6, 6.07) is 7.68. The average molecular weight is 230 g/mol. The first-order chi connectivity index (χ1) is 8.33. The Labute approximate surface area is 102 Å². The van der Waals surface area contributed by atoms with Crippen LogP contribution in [0.3, 0.4) is 0 Å². The van der Waals surface area contributed by atoms with Crippen LogP contribution in [-0.2, 0) is 0 Å². The Hall–Kier alpha value is -1.69. The highest BCUT2D eigenvalue weighted by Gasteiger charge is 2.19. The van der Waals surface area contributed by atoms with Crippen LogP contribution in [0.5, 0.6) is 5.75 Å². The van der Waals surface area contributed by atoms with E-state index in [4.69, 9.17) is 10.00 Å². The molecular formula is C14H18N2O. The van der Waals surface area contributed by atoms with Gasteiger partial charge in [0.1, 0.15) is 11.8 Å². The fraction of sp³-hybridized carbons (Fsp3) is 0.500. The van der Waals surface area contributed by atoms with Gasteiger partial charge >= 0.3 is 0 Å². The topological polar surface area (TPSA) is 45.0 Å². The van der Waals surface area contributed by atoms with Crippen molar-refractivity contribution in [1.82, 2.24) is 0 Å². The lowest BCUT2D eigenvalue weighted by molar-refractivity contribution is 0.415. The van der Waals surface area contributed by atoms with Gasteiger partial charge in [0, 0.05) is 12.6 Å². The number of nitriles is 1. The average Bonchev–Trinajstić information content (AvgIpc) is 3.18. The Balaban J connectivity index is 1.90. The number of hydrogen-bond acceptors (Lipinski definition) is 3. The highest BCUT2D eigenvalue weighted by atomic mass is 16.5. The molecule has 3 nitrogen and oxygen atoms in total. The number of rotatable bonds is 6. The minimum absolute atomic E-state index is 0.678. The van der Waals surface area contributed by atoms with E-state index in [0.29, 0.717) is 5.56 Å². The molecule has 0 heterocycles. The second-order valence-corrected chi connectivity index (χ2v) is 4.54. The van der Waals surface area contributed by atoms with Crippen molar-refractivity contribution in [3.63, 3.8) is 0 Å². The van der Waals surface area contributed by atoms with E-state index in [9.17, 15) is 0 Å². The lowest BCUT2D eigenvalue weighted by Gasteiger charge is -2.09. The first-order valence-corrected chi connectivity index (χ1v) is 6.15. The van der Waals surface area contributed by atoms with Gasteiger partial charge in [-0.3, -0.25) is 0 Å². The summed E-state index contributed by atoms with van der Waals surface area (Å²) in [6.45, 7) is 0.929. The summed E-state index contributed by atoms with van der Waals surface area (Å²) in [4.78, 5) is 0. The maximum atomic E-state index is 9.01. The SMILES string of the molecule is COc1ccc(C#N)c(NCCCC2CC2)c1. The number of anilines is 1. The highest BCUT2D eigenvalue weighted by molar-refractivity contribution is 5.60. The van der Waals surface area contributed by atoms with Gasteiger partial charge in [-0.05, 0) is 30.9 Å². The zero-order valence-corrected chi connectivity index (χ0v) is 10.2. The van der Waals surface area contributed by atoms with Crippen molar-refractivity contribution in [1.29, 1.82) is 5.26 Å². The molecule has 0 atom stereocenters. The second kappa shape index (κ2) is 5.58. The number of nitrogens with one attached hydrogen (secondary N) is 1. The van der Waals surface area contributed by atoms with Gasteiger partial charge in [0.2, 0.25) is 0 Å². The van der Waals surface area contributed by atoms with Crippen LogP contribution < -0.4 is 10.1 Å². The monoisotopic (exact) mass is 230 g/mol. The van der Waals surface area contributed by atoms with Gasteiger partial charge in [-0.25, -0.2) is 0 Å². The normalized spacial score (nSPS) is 14.1. The molecule has 1 aromatic rings. The van der Waals surface area contributed by atoms with E-state index in [0.717, 1.165) is 23.9 Å². The van der Waals surface area contributed by atoms with Crippen LogP contribution >= 0.6 is 0 Å². The van der Waals surface area contributed by atoms with Gasteiger partial charge in [-0.2, -0.15) is 5.26 Å². The first kappa shape index (κ1) is 11.8. The van der Waals surface area contributed by atoms with E-state index >= 15 is 0 Å². The lowest BCUT2D eigenvalue weighted by Crippen LogP contribution is -2.03. The van der Waals surface area contributed by atoms with Crippen molar-refractivity contribution in [3.8, 4) is 11.8 Å². The van der Waals surface area contributed by atoms with Gasteiger partial charge < -0.3 is 10.1 Å². The summed E-state index contributed by atoms with van der Waals surface area (Å²) in [5.41, 5.74) is 1.56. The summed E-state index contributed by atoms with van der Waals surface area (Å²) < 4.78 is 5.16. The number of benzene rings is 1. The van der Waals surface area contributed by atoms with Crippen LogP contribution in [0, 0.1) is 17.2 Å². The van der Waals surface area contributed by atoms with Crippen LogP contribution in [0.4, 0.5) is 5.69 Å².